The first-order valence-electron chi connectivity index (χ1n) is 4.87. The van der Waals surface area contributed by atoms with Gasteiger partial charge in [-0.25, -0.2) is 0 Å². The lowest BCUT2D eigenvalue weighted by Gasteiger charge is -1.95. The molecule has 0 aliphatic heterocycles. The first-order valence-corrected chi connectivity index (χ1v) is 6.62. The van der Waals surface area contributed by atoms with Gasteiger partial charge in [0.05, 0.1) is 0 Å². The molecule has 0 radical (unpaired) electrons. The van der Waals surface area contributed by atoms with Crippen LogP contribution in [0.2, 0.25) is 0 Å². The molecule has 0 nitrogen and oxygen atoms in total. The third-order valence-corrected chi connectivity index (χ3v) is 4.47. The summed E-state index contributed by atoms with van der Waals surface area (Å²) in [4.78, 5) is 0. The molecule has 0 atom stereocenters. The van der Waals surface area contributed by atoms with E-state index < -0.39 is 0 Å². The second kappa shape index (κ2) is 3.47. The Bertz CT molecular complexity index is 628. The molecular formula is C13H10S2. The number of fused-ring (bicyclic) bond motifs is 2. The van der Waals surface area contributed by atoms with Crippen LogP contribution in [0.4, 0.5) is 0 Å². The Morgan fingerprint density at radius 2 is 2.13 bits per heavy atom. The minimum atomic E-state index is 0.968. The van der Waals surface area contributed by atoms with Crippen molar-refractivity contribution in [3.8, 4) is 0 Å². The number of thiophene rings is 2. The molecule has 0 unspecified atom stereocenters. The molecule has 0 saturated heterocycles. The molecule has 2 heterocycles. The van der Waals surface area contributed by atoms with Crippen LogP contribution in [0.3, 0.4) is 0 Å². The Kier molecular flexibility index (Phi) is 2.11. The van der Waals surface area contributed by atoms with Gasteiger partial charge in [0.25, 0.3) is 0 Å². The molecule has 1 aromatic carbocycles. The van der Waals surface area contributed by atoms with Gasteiger partial charge in [-0.05, 0) is 51.7 Å². The van der Waals surface area contributed by atoms with E-state index in [1.54, 1.807) is 0 Å². The van der Waals surface area contributed by atoms with Gasteiger partial charge in [-0.1, -0.05) is 6.08 Å². The molecule has 0 aliphatic rings. The van der Waals surface area contributed by atoms with Crippen molar-refractivity contribution in [1.29, 1.82) is 0 Å². The van der Waals surface area contributed by atoms with E-state index >= 15 is 0 Å². The van der Waals surface area contributed by atoms with Gasteiger partial charge in [0.15, 0.2) is 0 Å². The third kappa shape index (κ3) is 1.41. The average molecular weight is 230 g/mol. The minimum Gasteiger partial charge on any atom is -0.144 e. The summed E-state index contributed by atoms with van der Waals surface area (Å²) >= 11 is 3.64. The van der Waals surface area contributed by atoms with Crippen LogP contribution in [0.5, 0.6) is 0 Å². The minimum absolute atomic E-state index is 0.968. The summed E-state index contributed by atoms with van der Waals surface area (Å²) in [6.45, 7) is 3.80. The van der Waals surface area contributed by atoms with Crippen molar-refractivity contribution < 1.29 is 0 Å². The Balaban J connectivity index is 2.36. The molecule has 15 heavy (non-hydrogen) atoms. The highest BCUT2D eigenvalue weighted by molar-refractivity contribution is 7.19. The predicted molar refractivity (Wildman–Crippen MR) is 71.1 cm³/mol. The zero-order chi connectivity index (χ0) is 10.3. The first-order chi connectivity index (χ1) is 7.38. The Morgan fingerprint density at radius 3 is 3.00 bits per heavy atom. The first kappa shape index (κ1) is 9.13. The summed E-state index contributed by atoms with van der Waals surface area (Å²) in [5, 5.41) is 7.15. The molecule has 3 aromatic rings. The van der Waals surface area contributed by atoms with E-state index in [4.69, 9.17) is 0 Å². The van der Waals surface area contributed by atoms with Crippen LogP contribution in [-0.4, -0.2) is 0 Å². The summed E-state index contributed by atoms with van der Waals surface area (Å²) in [5.41, 5.74) is 1.40. The smallest absolute Gasteiger partial charge is 0.0360 e. The maximum Gasteiger partial charge on any atom is 0.0360 e. The number of allylic oxidation sites excluding steroid dienone is 1. The van der Waals surface area contributed by atoms with Crippen LogP contribution in [0.25, 0.3) is 20.2 Å². The van der Waals surface area contributed by atoms with E-state index in [1.807, 2.05) is 28.7 Å². The number of hydrogen-bond acceptors (Lipinski definition) is 2. The van der Waals surface area contributed by atoms with E-state index in [0.717, 1.165) is 6.42 Å². The van der Waals surface area contributed by atoms with Crippen molar-refractivity contribution >= 4 is 42.8 Å². The van der Waals surface area contributed by atoms with Gasteiger partial charge in [-0.2, -0.15) is 0 Å². The normalized spacial score (nSPS) is 11.2. The summed E-state index contributed by atoms with van der Waals surface area (Å²) in [6, 6.07) is 6.79. The molecular weight excluding hydrogens is 220 g/mol. The molecule has 2 heteroatoms. The van der Waals surface area contributed by atoms with E-state index in [1.165, 1.54) is 25.7 Å². The quantitative estimate of drug-likeness (QED) is 0.552. The van der Waals surface area contributed by atoms with E-state index in [9.17, 15) is 0 Å². The molecule has 0 fully saturated rings. The second-order valence-corrected chi connectivity index (χ2v) is 5.42. The number of hydrogen-bond donors (Lipinski definition) is 0. The predicted octanol–water partition coefficient (Wildman–Crippen LogP) is 4.84. The lowest BCUT2D eigenvalue weighted by atomic mass is 10.1. The Labute approximate surface area is 96.5 Å². The van der Waals surface area contributed by atoms with Crippen LogP contribution in [0.1, 0.15) is 5.56 Å². The largest absolute Gasteiger partial charge is 0.144 e. The van der Waals surface area contributed by atoms with Gasteiger partial charge < -0.3 is 0 Å². The Hall–Kier alpha value is -1.12. The zero-order valence-corrected chi connectivity index (χ0v) is 9.83. The molecule has 74 valence electrons. The monoisotopic (exact) mass is 230 g/mol. The van der Waals surface area contributed by atoms with Crippen molar-refractivity contribution in [1.82, 2.24) is 0 Å². The van der Waals surface area contributed by atoms with E-state index in [2.05, 4.69) is 35.5 Å². The average Bonchev–Trinajstić information content (AvgIpc) is 2.82. The van der Waals surface area contributed by atoms with Crippen molar-refractivity contribution in [2.75, 3.05) is 0 Å². The fraction of sp³-hybridized carbons (Fsp3) is 0.0769. The summed E-state index contributed by atoms with van der Waals surface area (Å²) in [5.74, 6) is 0. The molecule has 0 saturated carbocycles. The summed E-state index contributed by atoms with van der Waals surface area (Å²) in [6.07, 6.45) is 2.94. The van der Waals surface area contributed by atoms with Crippen molar-refractivity contribution in [3.63, 3.8) is 0 Å². The van der Waals surface area contributed by atoms with Crippen LogP contribution in [0.15, 0.2) is 41.6 Å². The van der Waals surface area contributed by atoms with Gasteiger partial charge in [-0.3, -0.25) is 0 Å². The van der Waals surface area contributed by atoms with Gasteiger partial charge in [-0.15, -0.1) is 29.3 Å². The van der Waals surface area contributed by atoms with Gasteiger partial charge >= 0.3 is 0 Å². The molecule has 2 aromatic heterocycles. The summed E-state index contributed by atoms with van der Waals surface area (Å²) < 4.78 is 2.77. The third-order valence-electron chi connectivity index (χ3n) is 2.59. The van der Waals surface area contributed by atoms with Gasteiger partial charge in [0.1, 0.15) is 0 Å². The lowest BCUT2D eigenvalue weighted by molar-refractivity contribution is 1.33. The highest BCUT2D eigenvalue weighted by Crippen LogP contribution is 2.32. The number of rotatable bonds is 2. The fourth-order valence-electron chi connectivity index (χ4n) is 1.85. The van der Waals surface area contributed by atoms with E-state index in [0.29, 0.717) is 0 Å². The standard InChI is InChI=1S/C13H10S2/c1-2-3-10-8-15-13-7-12-9(4-5-14-12)6-11(10)13/h2,4-8H,1,3H2. The fourth-order valence-corrected chi connectivity index (χ4v) is 3.73. The van der Waals surface area contributed by atoms with Crippen LogP contribution >= 0.6 is 22.7 Å². The molecule has 0 amide bonds. The highest BCUT2D eigenvalue weighted by atomic mass is 32.1. The number of benzene rings is 1. The van der Waals surface area contributed by atoms with Crippen LogP contribution < -0.4 is 0 Å². The van der Waals surface area contributed by atoms with Gasteiger partial charge in [0, 0.05) is 9.40 Å². The van der Waals surface area contributed by atoms with E-state index in [-0.39, 0.29) is 0 Å². The van der Waals surface area contributed by atoms with Crippen molar-refractivity contribution in [2.24, 2.45) is 0 Å². The summed E-state index contributed by atoms with van der Waals surface area (Å²) in [7, 11) is 0. The SMILES string of the molecule is C=CCc1csc2cc3sccc3cc12. The van der Waals surface area contributed by atoms with Crippen molar-refractivity contribution in [2.45, 2.75) is 6.42 Å². The topological polar surface area (TPSA) is 0 Å². The van der Waals surface area contributed by atoms with Gasteiger partial charge in [0.2, 0.25) is 0 Å². The molecule has 0 spiro atoms. The maximum absolute atomic E-state index is 3.80. The highest BCUT2D eigenvalue weighted by Gasteiger charge is 2.04. The van der Waals surface area contributed by atoms with Crippen molar-refractivity contribution in [3.05, 3.63) is 47.2 Å². The van der Waals surface area contributed by atoms with Crippen LogP contribution in [0, 0.1) is 0 Å². The Morgan fingerprint density at radius 1 is 1.20 bits per heavy atom. The molecule has 0 aliphatic carbocycles. The molecule has 3 rings (SSSR count). The van der Waals surface area contributed by atoms with Crippen LogP contribution in [-0.2, 0) is 6.42 Å². The maximum atomic E-state index is 3.80. The molecule has 0 N–H and O–H groups in total. The molecule has 0 bridgehead atoms. The lowest BCUT2D eigenvalue weighted by Crippen LogP contribution is -1.75. The second-order valence-electron chi connectivity index (χ2n) is 3.56. The zero-order valence-electron chi connectivity index (χ0n) is 8.19.